The normalized spacial score (nSPS) is 10.6. The van der Waals surface area contributed by atoms with Crippen molar-refractivity contribution in [2.24, 2.45) is 0 Å². The van der Waals surface area contributed by atoms with Gasteiger partial charge in [0.1, 0.15) is 5.15 Å². The minimum atomic E-state index is -1.00. The topological polar surface area (TPSA) is 89.1 Å². The van der Waals surface area contributed by atoms with E-state index in [4.69, 9.17) is 32.7 Å². The molecule has 110 valence electrons. The molecule has 1 N–H and O–H groups in total. The number of hydrogen-bond donors (Lipinski definition) is 1. The number of hydrogen-bond acceptors (Lipinski definition) is 5. The zero-order valence-electron chi connectivity index (χ0n) is 10.8. The Kier molecular flexibility index (Phi) is 3.79. The summed E-state index contributed by atoms with van der Waals surface area (Å²) >= 11 is 11.6. The van der Waals surface area contributed by atoms with Crippen LogP contribution in [0.4, 0.5) is 0 Å². The molecule has 0 saturated carbocycles. The minimum absolute atomic E-state index is 0.178. The molecule has 3 aromatic rings. The number of carboxylic acids is 1. The predicted molar refractivity (Wildman–Crippen MR) is 79.9 cm³/mol. The zero-order valence-corrected chi connectivity index (χ0v) is 12.3. The number of nitrogens with zero attached hydrogens (tertiary/aromatic N) is 3. The molecule has 0 unspecified atom stereocenters. The number of halogens is 2. The van der Waals surface area contributed by atoms with Gasteiger partial charge < -0.3 is 9.52 Å². The first-order valence-electron chi connectivity index (χ1n) is 6.03. The second kappa shape index (κ2) is 5.75. The number of carboxylic acid groups (broad SMARTS) is 1. The Labute approximate surface area is 134 Å². The van der Waals surface area contributed by atoms with Crippen molar-refractivity contribution in [3.05, 3.63) is 52.3 Å². The molecule has 2 aromatic heterocycles. The SMILES string of the molecule is O=C(O)c1ccc(-c2nnc(-c3cnc(Cl)c(Cl)c3)o2)cc1. The molecular formula is C14H7Cl2N3O3. The molecule has 0 amide bonds. The van der Waals surface area contributed by atoms with E-state index in [0.29, 0.717) is 11.1 Å². The van der Waals surface area contributed by atoms with E-state index in [1.54, 1.807) is 18.2 Å². The molecule has 0 atom stereocenters. The van der Waals surface area contributed by atoms with Crippen LogP contribution in [0, 0.1) is 0 Å². The second-order valence-corrected chi connectivity index (χ2v) is 5.06. The lowest BCUT2D eigenvalue weighted by Gasteiger charge is -1.98. The summed E-state index contributed by atoms with van der Waals surface area (Å²) in [6.07, 6.45) is 1.47. The Morgan fingerprint density at radius 2 is 1.68 bits per heavy atom. The van der Waals surface area contributed by atoms with E-state index in [0.717, 1.165) is 0 Å². The van der Waals surface area contributed by atoms with Crippen LogP contribution in [0.25, 0.3) is 22.9 Å². The monoisotopic (exact) mass is 335 g/mol. The third-order valence-electron chi connectivity index (χ3n) is 2.85. The molecule has 2 heterocycles. The number of carbonyl (C=O) groups is 1. The lowest BCUT2D eigenvalue weighted by molar-refractivity contribution is 0.0697. The first-order chi connectivity index (χ1) is 10.5. The van der Waals surface area contributed by atoms with Gasteiger partial charge in [0.05, 0.1) is 16.1 Å². The van der Waals surface area contributed by atoms with Crippen LogP contribution in [-0.4, -0.2) is 26.3 Å². The Morgan fingerprint density at radius 1 is 1.05 bits per heavy atom. The Hall–Kier alpha value is -2.44. The van der Waals surface area contributed by atoms with Gasteiger partial charge in [-0.2, -0.15) is 0 Å². The molecule has 0 aliphatic carbocycles. The van der Waals surface area contributed by atoms with Crippen LogP contribution in [0.1, 0.15) is 10.4 Å². The average molecular weight is 336 g/mol. The summed E-state index contributed by atoms with van der Waals surface area (Å²) in [6, 6.07) is 7.67. The fourth-order valence-corrected chi connectivity index (χ4v) is 2.02. The van der Waals surface area contributed by atoms with E-state index in [2.05, 4.69) is 15.2 Å². The zero-order chi connectivity index (χ0) is 15.7. The van der Waals surface area contributed by atoms with Gasteiger partial charge in [0, 0.05) is 11.8 Å². The van der Waals surface area contributed by atoms with E-state index in [1.807, 2.05) is 0 Å². The summed E-state index contributed by atoms with van der Waals surface area (Å²) in [7, 11) is 0. The van der Waals surface area contributed by atoms with Gasteiger partial charge in [-0.1, -0.05) is 23.2 Å². The number of rotatable bonds is 3. The van der Waals surface area contributed by atoms with Crippen LogP contribution in [0.3, 0.4) is 0 Å². The van der Waals surface area contributed by atoms with Crippen molar-refractivity contribution in [3.8, 4) is 22.9 Å². The van der Waals surface area contributed by atoms with Crippen molar-refractivity contribution in [2.45, 2.75) is 0 Å². The van der Waals surface area contributed by atoms with Crippen LogP contribution >= 0.6 is 23.2 Å². The maximum atomic E-state index is 10.8. The molecule has 0 radical (unpaired) electrons. The Morgan fingerprint density at radius 3 is 2.27 bits per heavy atom. The van der Waals surface area contributed by atoms with Crippen molar-refractivity contribution < 1.29 is 14.3 Å². The molecule has 0 spiro atoms. The van der Waals surface area contributed by atoms with Crippen LogP contribution in [0.2, 0.25) is 10.2 Å². The van der Waals surface area contributed by atoms with Gasteiger partial charge in [0.2, 0.25) is 11.8 Å². The molecule has 6 nitrogen and oxygen atoms in total. The molecule has 0 aliphatic heterocycles. The molecule has 0 bridgehead atoms. The molecule has 1 aromatic carbocycles. The standard InChI is InChI=1S/C14H7Cl2N3O3/c15-10-5-9(6-17-11(10)16)13-19-18-12(22-13)7-1-3-8(4-2-7)14(20)21/h1-6H,(H,20,21). The van der Waals surface area contributed by atoms with E-state index in [9.17, 15) is 4.79 Å². The summed E-state index contributed by atoms with van der Waals surface area (Å²) in [6.45, 7) is 0. The van der Waals surface area contributed by atoms with E-state index < -0.39 is 5.97 Å². The average Bonchev–Trinajstić information content (AvgIpc) is 3.00. The first-order valence-corrected chi connectivity index (χ1v) is 6.79. The number of aromatic carboxylic acids is 1. The quantitative estimate of drug-likeness (QED) is 0.732. The van der Waals surface area contributed by atoms with E-state index >= 15 is 0 Å². The van der Waals surface area contributed by atoms with Crippen LogP contribution in [-0.2, 0) is 0 Å². The molecule has 0 saturated heterocycles. The van der Waals surface area contributed by atoms with E-state index in [1.165, 1.54) is 18.3 Å². The third kappa shape index (κ3) is 2.79. The second-order valence-electron chi connectivity index (χ2n) is 4.29. The Balaban J connectivity index is 1.93. The van der Waals surface area contributed by atoms with Crippen molar-refractivity contribution in [2.75, 3.05) is 0 Å². The Bertz CT molecular complexity index is 847. The highest BCUT2D eigenvalue weighted by Crippen LogP contribution is 2.27. The van der Waals surface area contributed by atoms with Crippen molar-refractivity contribution in [1.29, 1.82) is 0 Å². The highest BCUT2D eigenvalue weighted by Gasteiger charge is 2.13. The molecule has 3 rings (SSSR count). The van der Waals surface area contributed by atoms with Gasteiger partial charge >= 0.3 is 5.97 Å². The molecule has 8 heteroatoms. The van der Waals surface area contributed by atoms with Crippen LogP contribution in [0.15, 0.2) is 40.9 Å². The third-order valence-corrected chi connectivity index (χ3v) is 3.53. The van der Waals surface area contributed by atoms with Gasteiger partial charge in [-0.25, -0.2) is 9.78 Å². The molecule has 0 aliphatic rings. The minimum Gasteiger partial charge on any atom is -0.478 e. The fourth-order valence-electron chi connectivity index (χ4n) is 1.75. The van der Waals surface area contributed by atoms with Crippen molar-refractivity contribution in [1.82, 2.24) is 15.2 Å². The van der Waals surface area contributed by atoms with Gasteiger partial charge in [0.15, 0.2) is 0 Å². The summed E-state index contributed by atoms with van der Waals surface area (Å²) in [5, 5.41) is 17.2. The highest BCUT2D eigenvalue weighted by atomic mass is 35.5. The van der Waals surface area contributed by atoms with Crippen molar-refractivity contribution >= 4 is 29.2 Å². The lowest BCUT2D eigenvalue weighted by Crippen LogP contribution is -1.94. The molecule has 22 heavy (non-hydrogen) atoms. The molecular weight excluding hydrogens is 329 g/mol. The smallest absolute Gasteiger partial charge is 0.335 e. The van der Waals surface area contributed by atoms with Crippen LogP contribution < -0.4 is 0 Å². The maximum Gasteiger partial charge on any atom is 0.335 e. The summed E-state index contributed by atoms with van der Waals surface area (Å²) < 4.78 is 5.54. The summed E-state index contributed by atoms with van der Waals surface area (Å²) in [5.41, 5.74) is 1.32. The number of aromatic nitrogens is 3. The predicted octanol–water partition coefficient (Wildman–Crippen LogP) is 3.80. The first kappa shape index (κ1) is 14.5. The fraction of sp³-hybridized carbons (Fsp3) is 0. The highest BCUT2D eigenvalue weighted by molar-refractivity contribution is 6.41. The van der Waals surface area contributed by atoms with Crippen molar-refractivity contribution in [3.63, 3.8) is 0 Å². The summed E-state index contributed by atoms with van der Waals surface area (Å²) in [5.74, 6) is -0.499. The number of benzene rings is 1. The van der Waals surface area contributed by atoms with Crippen LogP contribution in [0.5, 0.6) is 0 Å². The van der Waals surface area contributed by atoms with Gasteiger partial charge in [-0.15, -0.1) is 10.2 Å². The van der Waals surface area contributed by atoms with Gasteiger partial charge in [-0.05, 0) is 30.3 Å². The van der Waals surface area contributed by atoms with E-state index in [-0.39, 0.29) is 27.5 Å². The molecule has 0 fully saturated rings. The summed E-state index contributed by atoms with van der Waals surface area (Å²) in [4.78, 5) is 14.7. The number of pyridine rings is 1. The maximum absolute atomic E-state index is 10.8. The van der Waals surface area contributed by atoms with Gasteiger partial charge in [0.25, 0.3) is 0 Å². The van der Waals surface area contributed by atoms with Gasteiger partial charge in [-0.3, -0.25) is 0 Å². The lowest BCUT2D eigenvalue weighted by atomic mass is 10.1. The largest absolute Gasteiger partial charge is 0.478 e.